The van der Waals surface area contributed by atoms with E-state index in [-0.39, 0.29) is 0 Å². The van der Waals surface area contributed by atoms with Crippen LogP contribution in [0.5, 0.6) is 0 Å². The van der Waals surface area contributed by atoms with Crippen molar-refractivity contribution in [3.05, 3.63) is 12.2 Å². The molecule has 37 heavy (non-hydrogen) atoms. The lowest BCUT2D eigenvalue weighted by molar-refractivity contribution is -0.133. The highest BCUT2D eigenvalue weighted by Crippen LogP contribution is 2.31. The highest BCUT2D eigenvalue weighted by Gasteiger charge is 2.36. The smallest absolute Gasteiger partial charge is 0.328 e. The molecule has 0 aromatic rings. The van der Waals surface area contributed by atoms with Crippen LogP contribution in [-0.4, -0.2) is 39.1 Å². The third-order valence-corrected chi connectivity index (χ3v) is 11.8. The predicted octanol–water partition coefficient (Wildman–Crippen LogP) is 9.60. The van der Waals surface area contributed by atoms with E-state index < -0.39 is 20.3 Å². The van der Waals surface area contributed by atoms with Crippen molar-refractivity contribution < 1.29 is 23.9 Å². The third-order valence-electron chi connectivity index (χ3n) is 7.38. The van der Waals surface area contributed by atoms with E-state index in [9.17, 15) is 9.59 Å². The molecule has 0 radical (unpaired) electrons. The molecule has 0 aliphatic heterocycles. The van der Waals surface area contributed by atoms with Crippen LogP contribution in [0.4, 0.5) is 0 Å². The summed E-state index contributed by atoms with van der Waals surface area (Å²) in [6.45, 7) is 5.35. The van der Waals surface area contributed by atoms with Crippen LogP contribution in [-0.2, 0) is 18.8 Å². The van der Waals surface area contributed by atoms with E-state index in [1.54, 1.807) is 7.11 Å². The summed E-state index contributed by atoms with van der Waals surface area (Å²) in [5.41, 5.74) is 0. The minimum Gasteiger partial charge on any atom is -0.516 e. The molecule has 6 heteroatoms. The maximum absolute atomic E-state index is 12.6. The zero-order valence-electron chi connectivity index (χ0n) is 24.7. The summed E-state index contributed by atoms with van der Waals surface area (Å²) in [7, 11) is -0.500. The molecule has 5 nitrogen and oxygen atoms in total. The lowest BCUT2D eigenvalue weighted by Gasteiger charge is -2.31. The van der Waals surface area contributed by atoms with Gasteiger partial charge < -0.3 is 14.3 Å². The minimum absolute atomic E-state index is 0.443. The summed E-state index contributed by atoms with van der Waals surface area (Å²) in [6.07, 6.45) is 26.7. The Labute approximate surface area is 230 Å². The standard InChI is InChI=1S/C31H60O5Si/c1-4-6-8-10-17-21-27-37(28-22-18-11-9-7-5-2,36-31(34)25-24-30(32)33)29-23-19-15-13-12-14-16-20-26-35-3/h24-25H,4-23,26-29H2,1-3H3,(H,32,33)/b25-24-. The molecular weight excluding hydrogens is 480 g/mol. The minimum atomic E-state index is -2.27. The Morgan fingerprint density at radius 1 is 0.595 bits per heavy atom. The Balaban J connectivity index is 4.94. The lowest BCUT2D eigenvalue weighted by atomic mass is 10.1. The largest absolute Gasteiger partial charge is 0.516 e. The summed E-state index contributed by atoms with van der Waals surface area (Å²) >= 11 is 0. The van der Waals surface area contributed by atoms with Gasteiger partial charge in [-0.05, 0) is 24.6 Å². The zero-order chi connectivity index (χ0) is 27.5. The van der Waals surface area contributed by atoms with Gasteiger partial charge in [-0.15, -0.1) is 0 Å². The first-order chi connectivity index (χ1) is 18.0. The summed E-state index contributed by atoms with van der Waals surface area (Å²) in [4.78, 5) is 23.6. The van der Waals surface area contributed by atoms with Crippen LogP contribution in [0.3, 0.4) is 0 Å². The first-order valence-corrected chi connectivity index (χ1v) is 18.2. The second-order valence-corrected chi connectivity index (χ2v) is 15.0. The molecule has 0 unspecified atom stereocenters. The van der Waals surface area contributed by atoms with Crippen LogP contribution in [0.1, 0.15) is 142 Å². The predicted molar refractivity (Wildman–Crippen MR) is 159 cm³/mol. The average Bonchev–Trinajstić information content (AvgIpc) is 2.88. The van der Waals surface area contributed by atoms with Gasteiger partial charge in [0.15, 0.2) is 0 Å². The van der Waals surface area contributed by atoms with Crippen molar-refractivity contribution in [1.82, 2.24) is 0 Å². The Hall–Kier alpha value is -1.14. The molecule has 1 N–H and O–H groups in total. The highest BCUT2D eigenvalue weighted by atomic mass is 28.4. The molecule has 0 rings (SSSR count). The molecule has 0 spiro atoms. The lowest BCUT2D eigenvalue weighted by Crippen LogP contribution is -2.40. The van der Waals surface area contributed by atoms with Gasteiger partial charge in [-0.1, -0.05) is 136 Å². The van der Waals surface area contributed by atoms with Crippen LogP contribution in [0.15, 0.2) is 12.2 Å². The van der Waals surface area contributed by atoms with Gasteiger partial charge in [-0.25, -0.2) is 9.59 Å². The first-order valence-electron chi connectivity index (χ1n) is 15.6. The van der Waals surface area contributed by atoms with Crippen molar-refractivity contribution in [2.75, 3.05) is 13.7 Å². The molecule has 0 amide bonds. The number of hydrogen-bond acceptors (Lipinski definition) is 4. The molecule has 0 saturated carbocycles. The van der Waals surface area contributed by atoms with Gasteiger partial charge in [-0.2, -0.15) is 0 Å². The highest BCUT2D eigenvalue weighted by molar-refractivity contribution is 6.75. The quantitative estimate of drug-likeness (QED) is 0.0607. The number of ether oxygens (including phenoxy) is 1. The molecule has 0 aromatic heterocycles. The van der Waals surface area contributed by atoms with Gasteiger partial charge in [0.1, 0.15) is 0 Å². The summed E-state index contributed by atoms with van der Waals surface area (Å²) < 4.78 is 11.4. The topological polar surface area (TPSA) is 72.8 Å². The second kappa shape index (κ2) is 26.5. The second-order valence-electron chi connectivity index (χ2n) is 10.9. The first kappa shape index (κ1) is 35.9. The molecule has 218 valence electrons. The number of aliphatic carboxylic acids is 1. The number of hydrogen-bond donors (Lipinski definition) is 1. The van der Waals surface area contributed by atoms with Crippen LogP contribution in [0.25, 0.3) is 0 Å². The fraction of sp³-hybridized carbons (Fsp3) is 0.871. The third kappa shape index (κ3) is 23.7. The van der Waals surface area contributed by atoms with Gasteiger partial charge in [0, 0.05) is 25.9 Å². The van der Waals surface area contributed by atoms with E-state index >= 15 is 0 Å². The molecule has 0 aliphatic rings. The number of carbonyl (C=O) groups is 2. The molecule has 0 bridgehead atoms. The Morgan fingerprint density at radius 2 is 0.973 bits per heavy atom. The van der Waals surface area contributed by atoms with E-state index in [2.05, 4.69) is 13.8 Å². The van der Waals surface area contributed by atoms with Crippen molar-refractivity contribution in [3.8, 4) is 0 Å². The van der Waals surface area contributed by atoms with Crippen molar-refractivity contribution in [2.24, 2.45) is 0 Å². The summed E-state index contributed by atoms with van der Waals surface area (Å²) in [6, 6.07) is 3.08. The molecular formula is C31H60O5Si. The molecule has 0 aliphatic carbocycles. The molecule has 0 heterocycles. The summed E-state index contributed by atoms with van der Waals surface area (Å²) in [5, 5.41) is 8.96. The van der Waals surface area contributed by atoms with Crippen LogP contribution < -0.4 is 0 Å². The normalized spacial score (nSPS) is 11.9. The fourth-order valence-corrected chi connectivity index (χ4v) is 9.36. The van der Waals surface area contributed by atoms with Crippen LogP contribution in [0.2, 0.25) is 18.1 Å². The maximum atomic E-state index is 12.6. The summed E-state index contributed by atoms with van der Waals surface area (Å²) in [5.74, 6) is -1.54. The van der Waals surface area contributed by atoms with Gasteiger partial charge >= 0.3 is 11.9 Å². The van der Waals surface area contributed by atoms with Crippen molar-refractivity contribution >= 4 is 20.3 Å². The van der Waals surface area contributed by atoms with Gasteiger partial charge in [0.2, 0.25) is 0 Å². The monoisotopic (exact) mass is 540 g/mol. The van der Waals surface area contributed by atoms with E-state index in [0.717, 1.165) is 62.6 Å². The Kier molecular flexibility index (Phi) is 25.6. The number of methoxy groups -OCH3 is 1. The number of carboxylic acids is 1. The Morgan fingerprint density at radius 3 is 1.35 bits per heavy atom. The van der Waals surface area contributed by atoms with E-state index in [1.165, 1.54) is 103 Å². The van der Waals surface area contributed by atoms with Crippen molar-refractivity contribution in [3.63, 3.8) is 0 Å². The Bertz CT molecular complexity index is 548. The number of carbonyl (C=O) groups excluding carboxylic acids is 1. The number of carboxylic acid groups (broad SMARTS) is 1. The fourth-order valence-electron chi connectivity index (χ4n) is 5.12. The molecule has 0 atom stereocenters. The molecule has 0 aromatic carbocycles. The van der Waals surface area contributed by atoms with Crippen molar-refractivity contribution in [1.29, 1.82) is 0 Å². The molecule has 0 saturated heterocycles. The van der Waals surface area contributed by atoms with Gasteiger partial charge in [0.25, 0.3) is 8.32 Å². The maximum Gasteiger partial charge on any atom is 0.328 e. The van der Waals surface area contributed by atoms with E-state index in [4.69, 9.17) is 14.3 Å². The molecule has 0 fully saturated rings. The number of rotatable bonds is 28. The van der Waals surface area contributed by atoms with E-state index in [0.29, 0.717) is 0 Å². The zero-order valence-corrected chi connectivity index (χ0v) is 25.7. The SMILES string of the molecule is CCCCCCCC[Si](CCCCCCCC)(CCCCCCCCCCOC)OC(=O)/C=C\C(=O)O. The van der Waals surface area contributed by atoms with E-state index in [1.807, 2.05) is 0 Å². The van der Waals surface area contributed by atoms with Gasteiger partial charge in [0.05, 0.1) is 0 Å². The van der Waals surface area contributed by atoms with Gasteiger partial charge in [-0.3, -0.25) is 0 Å². The van der Waals surface area contributed by atoms with Crippen LogP contribution >= 0.6 is 0 Å². The average molecular weight is 541 g/mol. The number of unbranched alkanes of at least 4 members (excludes halogenated alkanes) is 17. The van der Waals surface area contributed by atoms with Crippen molar-refractivity contribution in [2.45, 2.75) is 160 Å². The van der Waals surface area contributed by atoms with Crippen LogP contribution in [0, 0.1) is 0 Å².